The van der Waals surface area contributed by atoms with E-state index in [1.165, 1.54) is 61.6 Å². The number of thiophene rings is 1. The predicted molar refractivity (Wildman–Crippen MR) is 125 cm³/mol. The highest BCUT2D eigenvalue weighted by atomic mass is 32.2. The molecular formula is C22H21N3O6S2. The third-order valence-corrected chi connectivity index (χ3v) is 6.67. The van der Waals surface area contributed by atoms with Gasteiger partial charge in [-0.1, -0.05) is 6.07 Å². The van der Waals surface area contributed by atoms with E-state index >= 15 is 0 Å². The number of amides is 2. The number of carbonyl (C=O) groups is 3. The van der Waals surface area contributed by atoms with E-state index in [9.17, 15) is 22.8 Å². The summed E-state index contributed by atoms with van der Waals surface area (Å²) in [4.78, 5) is 36.0. The summed E-state index contributed by atoms with van der Waals surface area (Å²) in [5.41, 5.74) is 0.966. The van der Waals surface area contributed by atoms with Gasteiger partial charge in [0.05, 0.1) is 9.77 Å². The second-order valence-electron chi connectivity index (χ2n) is 6.93. The fraction of sp³-hybridized carbons (Fsp3) is 0.136. The van der Waals surface area contributed by atoms with E-state index in [-0.39, 0.29) is 22.5 Å². The van der Waals surface area contributed by atoms with E-state index in [0.717, 1.165) is 0 Å². The topological polar surface area (TPSA) is 131 Å². The lowest BCUT2D eigenvalue weighted by atomic mass is 10.3. The number of anilines is 2. The zero-order valence-electron chi connectivity index (χ0n) is 17.7. The number of sulfonamides is 1. The summed E-state index contributed by atoms with van der Waals surface area (Å²) in [5.74, 6) is -1.13. The van der Waals surface area contributed by atoms with Crippen molar-refractivity contribution in [3.05, 3.63) is 70.9 Å². The van der Waals surface area contributed by atoms with Crippen LogP contribution in [-0.2, 0) is 19.6 Å². The third kappa shape index (κ3) is 6.72. The smallest absolute Gasteiger partial charge is 0.329 e. The number of hydrogen-bond acceptors (Lipinski definition) is 7. The van der Waals surface area contributed by atoms with Crippen LogP contribution in [0.5, 0.6) is 5.75 Å². The summed E-state index contributed by atoms with van der Waals surface area (Å²) >= 11 is 1.32. The molecular weight excluding hydrogens is 466 g/mol. The number of ether oxygens (including phenoxy) is 1. The minimum absolute atomic E-state index is 0.0675. The monoisotopic (exact) mass is 487 g/mol. The minimum Gasteiger partial charge on any atom is -0.425 e. The third-order valence-electron chi connectivity index (χ3n) is 4.25. The van der Waals surface area contributed by atoms with Crippen LogP contribution in [0.2, 0.25) is 0 Å². The minimum atomic E-state index is -3.99. The van der Waals surface area contributed by atoms with Gasteiger partial charge in [-0.05, 0) is 66.9 Å². The maximum absolute atomic E-state index is 12.5. The molecule has 0 spiro atoms. The van der Waals surface area contributed by atoms with Gasteiger partial charge in [-0.3, -0.25) is 9.59 Å². The first-order valence-electron chi connectivity index (χ1n) is 9.70. The van der Waals surface area contributed by atoms with Gasteiger partial charge in [-0.2, -0.15) is 4.72 Å². The summed E-state index contributed by atoms with van der Waals surface area (Å²) in [6, 6.07) is 13.9. The predicted octanol–water partition coefficient (Wildman–Crippen LogP) is 3.23. The molecule has 0 saturated heterocycles. The molecule has 2 aromatic carbocycles. The molecule has 0 aliphatic heterocycles. The largest absolute Gasteiger partial charge is 0.425 e. The summed E-state index contributed by atoms with van der Waals surface area (Å²) in [6.45, 7) is 2.70. The van der Waals surface area contributed by atoms with Crippen molar-refractivity contribution >= 4 is 50.5 Å². The summed E-state index contributed by atoms with van der Waals surface area (Å²) in [6.07, 6.45) is 0. The van der Waals surface area contributed by atoms with E-state index < -0.39 is 22.0 Å². The van der Waals surface area contributed by atoms with E-state index in [1.807, 2.05) is 0 Å². The van der Waals surface area contributed by atoms with Crippen molar-refractivity contribution in [2.75, 3.05) is 10.6 Å². The first-order chi connectivity index (χ1) is 15.6. The van der Waals surface area contributed by atoms with Crippen LogP contribution >= 0.6 is 11.3 Å². The molecule has 0 aliphatic rings. The molecule has 11 heteroatoms. The van der Waals surface area contributed by atoms with Crippen molar-refractivity contribution in [2.24, 2.45) is 0 Å². The van der Waals surface area contributed by atoms with Crippen molar-refractivity contribution in [3.8, 4) is 5.75 Å². The van der Waals surface area contributed by atoms with Crippen LogP contribution in [0.25, 0.3) is 0 Å². The molecule has 3 N–H and O–H groups in total. The molecule has 0 radical (unpaired) electrons. The second-order valence-corrected chi connectivity index (χ2v) is 9.59. The molecule has 0 unspecified atom stereocenters. The van der Waals surface area contributed by atoms with Gasteiger partial charge in [-0.25, -0.2) is 13.2 Å². The van der Waals surface area contributed by atoms with E-state index in [4.69, 9.17) is 4.74 Å². The zero-order chi connectivity index (χ0) is 24.0. The molecule has 0 fully saturated rings. The van der Waals surface area contributed by atoms with E-state index in [0.29, 0.717) is 16.3 Å². The number of rotatable bonds is 8. The Kier molecular flexibility index (Phi) is 7.59. The molecule has 3 rings (SSSR count). The van der Waals surface area contributed by atoms with Gasteiger partial charge in [0.2, 0.25) is 15.9 Å². The van der Waals surface area contributed by atoms with Crippen molar-refractivity contribution in [1.29, 1.82) is 0 Å². The van der Waals surface area contributed by atoms with Crippen LogP contribution in [0.1, 0.15) is 23.5 Å². The molecule has 1 aromatic heterocycles. The van der Waals surface area contributed by atoms with Gasteiger partial charge in [0.15, 0.2) is 0 Å². The second kappa shape index (κ2) is 10.4. The number of nitrogens with one attached hydrogen (secondary N) is 3. The van der Waals surface area contributed by atoms with Crippen molar-refractivity contribution in [1.82, 2.24) is 4.72 Å². The lowest BCUT2D eigenvalue weighted by Gasteiger charge is -2.14. The van der Waals surface area contributed by atoms with Gasteiger partial charge in [-0.15, -0.1) is 11.3 Å². The molecule has 3 aromatic rings. The Labute approximate surface area is 194 Å². The normalized spacial score (nSPS) is 11.9. The number of carbonyl (C=O) groups excluding carboxylic acids is 3. The Morgan fingerprint density at radius 1 is 0.909 bits per heavy atom. The van der Waals surface area contributed by atoms with Gasteiger partial charge < -0.3 is 15.4 Å². The van der Waals surface area contributed by atoms with E-state index in [2.05, 4.69) is 15.4 Å². The first kappa shape index (κ1) is 24.1. The van der Waals surface area contributed by atoms with Crippen LogP contribution in [0.3, 0.4) is 0 Å². The number of benzene rings is 2. The number of esters is 1. The quantitative estimate of drug-likeness (QED) is 0.330. The van der Waals surface area contributed by atoms with Crippen LogP contribution in [0.4, 0.5) is 11.4 Å². The van der Waals surface area contributed by atoms with Crippen LogP contribution in [0, 0.1) is 0 Å². The average molecular weight is 488 g/mol. The molecule has 0 bridgehead atoms. The van der Waals surface area contributed by atoms with Crippen molar-refractivity contribution in [3.63, 3.8) is 0 Å². The lowest BCUT2D eigenvalue weighted by molar-refractivity contribution is -0.135. The first-order valence-corrected chi connectivity index (χ1v) is 12.1. The summed E-state index contributed by atoms with van der Waals surface area (Å²) in [7, 11) is -3.99. The Bertz CT molecular complexity index is 1240. The Morgan fingerprint density at radius 3 is 2.09 bits per heavy atom. The maximum Gasteiger partial charge on any atom is 0.329 e. The van der Waals surface area contributed by atoms with Crippen LogP contribution in [0.15, 0.2) is 70.9 Å². The maximum atomic E-state index is 12.5. The Morgan fingerprint density at radius 2 is 1.52 bits per heavy atom. The fourth-order valence-electron chi connectivity index (χ4n) is 2.68. The van der Waals surface area contributed by atoms with Gasteiger partial charge >= 0.3 is 5.97 Å². The SMILES string of the molecule is CC(=O)Nc1ccc(S(=O)(=O)N[C@@H](C)C(=O)Oc2ccc(NC(=O)c3cccs3)cc2)cc1. The van der Waals surface area contributed by atoms with E-state index in [1.54, 1.807) is 29.6 Å². The van der Waals surface area contributed by atoms with Gasteiger partial charge in [0.25, 0.3) is 5.91 Å². The Hall–Kier alpha value is -3.54. The molecule has 1 heterocycles. The molecule has 33 heavy (non-hydrogen) atoms. The zero-order valence-corrected chi connectivity index (χ0v) is 19.3. The highest BCUT2D eigenvalue weighted by Crippen LogP contribution is 2.19. The summed E-state index contributed by atoms with van der Waals surface area (Å²) < 4.78 is 32.6. The van der Waals surface area contributed by atoms with Gasteiger partial charge in [0.1, 0.15) is 11.8 Å². The van der Waals surface area contributed by atoms with Crippen molar-refractivity contribution in [2.45, 2.75) is 24.8 Å². The fourth-order valence-corrected chi connectivity index (χ4v) is 4.49. The summed E-state index contributed by atoms with van der Waals surface area (Å²) in [5, 5.41) is 7.07. The van der Waals surface area contributed by atoms with Gasteiger partial charge in [0, 0.05) is 18.3 Å². The molecule has 0 aliphatic carbocycles. The number of hydrogen-bond donors (Lipinski definition) is 3. The molecule has 172 valence electrons. The highest BCUT2D eigenvalue weighted by Gasteiger charge is 2.23. The molecule has 2 amide bonds. The lowest BCUT2D eigenvalue weighted by Crippen LogP contribution is -2.40. The standard InChI is InChI=1S/C22H21N3O6S2/c1-14(25-33(29,30)19-11-7-16(8-12-19)23-15(2)26)22(28)31-18-9-5-17(6-10-18)24-21(27)20-4-3-13-32-20/h3-14,25H,1-2H3,(H,23,26)(H,24,27)/t14-/m0/s1. The van der Waals surface area contributed by atoms with Crippen LogP contribution in [-0.4, -0.2) is 32.2 Å². The van der Waals surface area contributed by atoms with Crippen molar-refractivity contribution < 1.29 is 27.5 Å². The molecule has 0 saturated carbocycles. The average Bonchev–Trinajstić information content (AvgIpc) is 3.30. The Balaban J connectivity index is 1.57. The molecule has 1 atom stereocenters. The van der Waals surface area contributed by atoms with Crippen LogP contribution < -0.4 is 20.1 Å². The highest BCUT2D eigenvalue weighted by molar-refractivity contribution is 7.89. The molecule has 9 nitrogen and oxygen atoms in total.